The van der Waals surface area contributed by atoms with Gasteiger partial charge in [-0.1, -0.05) is 0 Å². The normalized spacial score (nSPS) is 22.0. The number of phenols is 3. The summed E-state index contributed by atoms with van der Waals surface area (Å²) in [7, 11) is 0. The van der Waals surface area contributed by atoms with Crippen LogP contribution in [-0.4, -0.2) is 27.2 Å². The molecule has 2 unspecified atom stereocenters. The first-order valence-corrected chi connectivity index (χ1v) is 6.31. The van der Waals surface area contributed by atoms with Gasteiger partial charge >= 0.3 is 0 Å². The van der Waals surface area contributed by atoms with Crippen molar-refractivity contribution >= 4 is 16.6 Å². The molecule has 3 N–H and O–H groups in total. The smallest absolute Gasteiger partial charge is 0.191 e. The quantitative estimate of drug-likeness (QED) is 0.687. The number of phenolic OH excluding ortho intramolecular Hbond substituents is 3. The first-order valence-electron chi connectivity index (χ1n) is 6.31. The van der Waals surface area contributed by atoms with Crippen LogP contribution in [0.25, 0.3) is 10.8 Å². The van der Waals surface area contributed by atoms with E-state index in [1.54, 1.807) is 19.9 Å². The van der Waals surface area contributed by atoms with Crippen LogP contribution in [0.15, 0.2) is 18.2 Å². The maximum atomic E-state index is 12.2. The third-order valence-corrected chi connectivity index (χ3v) is 3.66. The molecule has 5 heteroatoms. The van der Waals surface area contributed by atoms with Gasteiger partial charge in [-0.3, -0.25) is 4.79 Å². The van der Waals surface area contributed by atoms with Crippen LogP contribution in [0.2, 0.25) is 0 Å². The highest BCUT2D eigenvalue weighted by atomic mass is 16.5. The third kappa shape index (κ3) is 1.63. The summed E-state index contributed by atoms with van der Waals surface area (Å²) >= 11 is 0. The lowest BCUT2D eigenvalue weighted by atomic mass is 9.89. The predicted molar refractivity (Wildman–Crippen MR) is 72.2 cm³/mol. The number of aromatic hydroxyl groups is 3. The van der Waals surface area contributed by atoms with Crippen LogP contribution in [0.5, 0.6) is 17.2 Å². The predicted octanol–water partition coefficient (Wildman–Crippen LogP) is 2.62. The first kappa shape index (κ1) is 12.7. The van der Waals surface area contributed by atoms with Crippen molar-refractivity contribution in [2.45, 2.75) is 26.1 Å². The molecule has 1 heterocycles. The number of fused-ring (bicyclic) bond motifs is 2. The van der Waals surface area contributed by atoms with Crippen molar-refractivity contribution in [2.24, 2.45) is 0 Å². The van der Waals surface area contributed by atoms with Crippen molar-refractivity contribution in [2.75, 3.05) is 0 Å². The third-order valence-electron chi connectivity index (χ3n) is 3.66. The molecule has 20 heavy (non-hydrogen) atoms. The summed E-state index contributed by atoms with van der Waals surface area (Å²) in [5, 5.41) is 30.4. The zero-order valence-electron chi connectivity index (χ0n) is 11.0. The highest BCUT2D eigenvalue weighted by molar-refractivity contribution is 6.08. The molecule has 0 saturated carbocycles. The van der Waals surface area contributed by atoms with Crippen LogP contribution >= 0.6 is 0 Å². The molecule has 2 atom stereocenters. The number of carbonyl (C=O) groups excluding carboxylic acids is 1. The molecule has 1 aliphatic rings. The molecule has 0 radical (unpaired) electrons. The number of benzene rings is 2. The summed E-state index contributed by atoms with van der Waals surface area (Å²) in [6, 6.07) is 4.11. The SMILES string of the molecule is CC1OC(C)c2c(cc3cc(O)cc(O)c3c2O)C1=O. The van der Waals surface area contributed by atoms with Crippen molar-refractivity contribution in [3.05, 3.63) is 29.3 Å². The zero-order valence-corrected chi connectivity index (χ0v) is 11.0. The van der Waals surface area contributed by atoms with Gasteiger partial charge in [0.25, 0.3) is 0 Å². The zero-order chi connectivity index (χ0) is 14.6. The van der Waals surface area contributed by atoms with Crippen molar-refractivity contribution in [3.8, 4) is 17.2 Å². The van der Waals surface area contributed by atoms with Crippen LogP contribution in [0.3, 0.4) is 0 Å². The topological polar surface area (TPSA) is 87.0 Å². The summed E-state index contributed by atoms with van der Waals surface area (Å²) in [6.07, 6.45) is -1.03. The number of ether oxygens (including phenoxy) is 1. The molecule has 2 aromatic rings. The van der Waals surface area contributed by atoms with Gasteiger partial charge in [-0.25, -0.2) is 0 Å². The second kappa shape index (κ2) is 4.11. The fraction of sp³-hybridized carbons (Fsp3) is 0.267. The van der Waals surface area contributed by atoms with Gasteiger partial charge in [0, 0.05) is 17.2 Å². The average Bonchev–Trinajstić information content (AvgIpc) is 2.34. The summed E-state index contributed by atoms with van der Waals surface area (Å²) in [6.45, 7) is 3.40. The molecule has 0 amide bonds. The Bertz CT molecular complexity index is 735. The van der Waals surface area contributed by atoms with E-state index in [2.05, 4.69) is 0 Å². The lowest BCUT2D eigenvalue weighted by molar-refractivity contribution is 0.00227. The van der Waals surface area contributed by atoms with E-state index in [1.165, 1.54) is 6.07 Å². The summed E-state index contributed by atoms with van der Waals surface area (Å²) < 4.78 is 5.48. The number of carbonyl (C=O) groups is 1. The molecule has 0 fully saturated rings. The fourth-order valence-corrected chi connectivity index (χ4v) is 2.77. The van der Waals surface area contributed by atoms with E-state index in [-0.39, 0.29) is 28.4 Å². The lowest BCUT2D eigenvalue weighted by Crippen LogP contribution is -2.29. The largest absolute Gasteiger partial charge is 0.508 e. The van der Waals surface area contributed by atoms with Crippen LogP contribution in [-0.2, 0) is 4.74 Å². The van der Waals surface area contributed by atoms with Crippen molar-refractivity contribution < 1.29 is 24.9 Å². The Kier molecular flexibility index (Phi) is 2.62. The minimum Gasteiger partial charge on any atom is -0.508 e. The van der Waals surface area contributed by atoms with E-state index >= 15 is 0 Å². The molecule has 0 aromatic heterocycles. The molecule has 3 rings (SSSR count). The van der Waals surface area contributed by atoms with Gasteiger partial charge in [-0.05, 0) is 31.4 Å². The molecule has 2 aromatic carbocycles. The van der Waals surface area contributed by atoms with Crippen molar-refractivity contribution in [1.29, 1.82) is 0 Å². The Balaban J connectivity index is 2.43. The first-order chi connectivity index (χ1) is 9.40. The summed E-state index contributed by atoms with van der Waals surface area (Å²) in [5.41, 5.74) is 0.743. The maximum Gasteiger partial charge on any atom is 0.191 e. The number of hydrogen-bond acceptors (Lipinski definition) is 5. The second-order valence-electron chi connectivity index (χ2n) is 5.03. The minimum absolute atomic E-state index is 0.130. The molecule has 0 saturated heterocycles. The minimum atomic E-state index is -0.583. The van der Waals surface area contributed by atoms with E-state index in [0.717, 1.165) is 6.07 Å². The Hall–Kier alpha value is -2.27. The summed E-state index contributed by atoms with van der Waals surface area (Å²) in [4.78, 5) is 12.2. The number of Topliss-reactive ketones (excluding diaryl/α,β-unsaturated/α-hetero) is 1. The Morgan fingerprint density at radius 2 is 1.75 bits per heavy atom. The van der Waals surface area contributed by atoms with E-state index in [9.17, 15) is 20.1 Å². The van der Waals surface area contributed by atoms with Gasteiger partial charge in [0.15, 0.2) is 5.78 Å². The highest BCUT2D eigenvalue weighted by Crippen LogP contribution is 2.44. The Morgan fingerprint density at radius 1 is 1.05 bits per heavy atom. The molecule has 0 spiro atoms. The average molecular weight is 274 g/mol. The van der Waals surface area contributed by atoms with Gasteiger partial charge < -0.3 is 20.1 Å². The highest BCUT2D eigenvalue weighted by Gasteiger charge is 2.33. The molecular weight excluding hydrogens is 260 g/mol. The second-order valence-corrected chi connectivity index (χ2v) is 5.03. The van der Waals surface area contributed by atoms with Crippen LogP contribution in [0.1, 0.15) is 35.9 Å². The molecule has 104 valence electrons. The molecule has 0 aliphatic carbocycles. The number of rotatable bonds is 0. The van der Waals surface area contributed by atoms with E-state index in [0.29, 0.717) is 16.5 Å². The van der Waals surface area contributed by atoms with Crippen LogP contribution in [0, 0.1) is 0 Å². The monoisotopic (exact) mass is 274 g/mol. The maximum absolute atomic E-state index is 12.2. The van der Waals surface area contributed by atoms with Gasteiger partial charge in [-0.15, -0.1) is 0 Å². The summed E-state index contributed by atoms with van der Waals surface area (Å²) in [5.74, 6) is -0.769. The van der Waals surface area contributed by atoms with Gasteiger partial charge in [-0.2, -0.15) is 0 Å². The van der Waals surface area contributed by atoms with Gasteiger partial charge in [0.2, 0.25) is 0 Å². The van der Waals surface area contributed by atoms with E-state index < -0.39 is 12.2 Å². The molecule has 0 bridgehead atoms. The molecule has 5 nitrogen and oxygen atoms in total. The van der Waals surface area contributed by atoms with E-state index in [4.69, 9.17) is 4.74 Å². The fourth-order valence-electron chi connectivity index (χ4n) is 2.77. The number of ketones is 1. The van der Waals surface area contributed by atoms with Crippen molar-refractivity contribution in [1.82, 2.24) is 0 Å². The Labute approximate surface area is 115 Å². The van der Waals surface area contributed by atoms with E-state index in [1.807, 2.05) is 0 Å². The van der Waals surface area contributed by atoms with Gasteiger partial charge in [0.1, 0.15) is 23.4 Å². The molecular formula is C15H14O5. The van der Waals surface area contributed by atoms with Crippen LogP contribution < -0.4 is 0 Å². The lowest BCUT2D eigenvalue weighted by Gasteiger charge is -2.28. The van der Waals surface area contributed by atoms with Gasteiger partial charge in [0.05, 0.1) is 11.5 Å². The molecule has 1 aliphatic heterocycles. The standard InChI is InChI=1S/C15H14O5/c1-6-12-10(14(18)7(2)20-6)4-8-3-9(16)5-11(17)13(8)15(12)19/h3-7,16-17,19H,1-2H3. The number of hydrogen-bond donors (Lipinski definition) is 3. The van der Waals surface area contributed by atoms with Crippen LogP contribution in [0.4, 0.5) is 0 Å². The van der Waals surface area contributed by atoms with Crippen molar-refractivity contribution in [3.63, 3.8) is 0 Å². The Morgan fingerprint density at radius 3 is 2.45 bits per heavy atom.